The molecule has 150 valence electrons. The molecule has 3 heterocycles. The minimum absolute atomic E-state index is 0.106. The molecule has 0 aromatic rings. The van der Waals surface area contributed by atoms with Gasteiger partial charge < -0.3 is 19.4 Å². The summed E-state index contributed by atoms with van der Waals surface area (Å²) in [5.41, 5.74) is 0. The van der Waals surface area contributed by atoms with Gasteiger partial charge in [0.1, 0.15) is 0 Å². The number of amides is 3. The van der Waals surface area contributed by atoms with E-state index in [2.05, 4.69) is 0 Å². The second-order valence-corrected chi connectivity index (χ2v) is 8.53. The normalized spacial score (nSPS) is 27.8. The summed E-state index contributed by atoms with van der Waals surface area (Å²) in [7, 11) is 0. The molecule has 0 N–H and O–H groups in total. The Hall–Kier alpha value is -1.63. The van der Waals surface area contributed by atoms with Gasteiger partial charge in [0, 0.05) is 51.6 Å². The third kappa shape index (κ3) is 4.13. The summed E-state index contributed by atoms with van der Waals surface area (Å²) in [5, 5.41) is 0. The Morgan fingerprint density at radius 3 is 2.15 bits per heavy atom. The van der Waals surface area contributed by atoms with E-state index in [1.54, 1.807) is 0 Å². The number of carbonyl (C=O) groups is 3. The number of hydrogen-bond acceptors (Lipinski definition) is 4. The average Bonchev–Trinajstić information content (AvgIpc) is 3.01. The molecule has 0 aromatic heterocycles. The first-order chi connectivity index (χ1) is 13.1. The molecule has 4 fully saturated rings. The summed E-state index contributed by atoms with van der Waals surface area (Å²) in [6.45, 7) is 5.38. The van der Waals surface area contributed by atoms with Crippen LogP contribution >= 0.6 is 0 Å². The second kappa shape index (κ2) is 8.17. The summed E-state index contributed by atoms with van der Waals surface area (Å²) in [4.78, 5) is 43.2. The van der Waals surface area contributed by atoms with Gasteiger partial charge in [0.2, 0.25) is 17.7 Å². The van der Waals surface area contributed by atoms with Crippen LogP contribution in [0.15, 0.2) is 0 Å². The van der Waals surface area contributed by atoms with Gasteiger partial charge in [0.05, 0.1) is 19.1 Å². The van der Waals surface area contributed by atoms with Gasteiger partial charge in [-0.15, -0.1) is 0 Å². The van der Waals surface area contributed by atoms with Crippen LogP contribution in [0.5, 0.6) is 0 Å². The number of ether oxygens (including phenoxy) is 1. The average molecular weight is 377 g/mol. The topological polar surface area (TPSA) is 70.2 Å². The lowest BCUT2D eigenvalue weighted by Gasteiger charge is -2.37. The van der Waals surface area contributed by atoms with Gasteiger partial charge in [-0.05, 0) is 31.6 Å². The second-order valence-electron chi connectivity index (χ2n) is 8.53. The smallest absolute Gasteiger partial charge is 0.228 e. The van der Waals surface area contributed by atoms with E-state index in [1.807, 2.05) is 14.7 Å². The highest BCUT2D eigenvalue weighted by atomic mass is 16.5. The van der Waals surface area contributed by atoms with E-state index in [9.17, 15) is 14.4 Å². The monoisotopic (exact) mass is 377 g/mol. The molecule has 1 saturated carbocycles. The van der Waals surface area contributed by atoms with Crippen LogP contribution in [0.2, 0.25) is 0 Å². The third-order valence-corrected chi connectivity index (χ3v) is 6.75. The van der Waals surface area contributed by atoms with Gasteiger partial charge in [-0.2, -0.15) is 0 Å². The minimum Gasteiger partial charge on any atom is -0.378 e. The van der Waals surface area contributed by atoms with Crippen LogP contribution in [0.4, 0.5) is 0 Å². The Labute approximate surface area is 161 Å². The minimum atomic E-state index is -0.198. The van der Waals surface area contributed by atoms with Crippen molar-refractivity contribution in [3.8, 4) is 0 Å². The van der Waals surface area contributed by atoms with Crippen molar-refractivity contribution in [2.75, 3.05) is 52.5 Å². The van der Waals surface area contributed by atoms with Crippen molar-refractivity contribution < 1.29 is 19.1 Å². The fourth-order valence-corrected chi connectivity index (χ4v) is 4.72. The lowest BCUT2D eigenvalue weighted by Crippen LogP contribution is -2.46. The van der Waals surface area contributed by atoms with Crippen molar-refractivity contribution in [3.05, 3.63) is 0 Å². The molecule has 3 aliphatic heterocycles. The number of rotatable bonds is 4. The van der Waals surface area contributed by atoms with Crippen molar-refractivity contribution >= 4 is 17.7 Å². The molecule has 3 amide bonds. The molecule has 1 atom stereocenters. The lowest BCUT2D eigenvalue weighted by molar-refractivity contribution is -0.140. The maximum Gasteiger partial charge on any atom is 0.228 e. The van der Waals surface area contributed by atoms with E-state index < -0.39 is 0 Å². The molecule has 4 rings (SSSR count). The Morgan fingerprint density at radius 1 is 0.889 bits per heavy atom. The molecule has 0 bridgehead atoms. The van der Waals surface area contributed by atoms with Gasteiger partial charge in [-0.25, -0.2) is 0 Å². The van der Waals surface area contributed by atoms with E-state index in [0.29, 0.717) is 51.1 Å². The zero-order valence-corrected chi connectivity index (χ0v) is 16.1. The Morgan fingerprint density at radius 2 is 1.52 bits per heavy atom. The first-order valence-corrected chi connectivity index (χ1v) is 10.5. The SMILES string of the molecule is O=C1CC(C(=O)N2CCOCC2)CN1CC1CCN(C(=O)C2CCC2)CC1. The molecule has 3 saturated heterocycles. The van der Waals surface area contributed by atoms with Crippen LogP contribution in [0.25, 0.3) is 0 Å². The quantitative estimate of drug-likeness (QED) is 0.724. The molecule has 0 radical (unpaired) electrons. The summed E-state index contributed by atoms with van der Waals surface area (Å²) >= 11 is 0. The maximum atomic E-state index is 12.6. The van der Waals surface area contributed by atoms with Crippen molar-refractivity contribution in [3.63, 3.8) is 0 Å². The van der Waals surface area contributed by atoms with E-state index >= 15 is 0 Å². The highest BCUT2D eigenvalue weighted by molar-refractivity contribution is 5.89. The van der Waals surface area contributed by atoms with Gasteiger partial charge in [0.15, 0.2) is 0 Å². The van der Waals surface area contributed by atoms with Gasteiger partial charge in [-0.3, -0.25) is 14.4 Å². The van der Waals surface area contributed by atoms with Crippen LogP contribution in [0, 0.1) is 17.8 Å². The first-order valence-electron chi connectivity index (χ1n) is 10.5. The maximum absolute atomic E-state index is 12.6. The Kier molecular flexibility index (Phi) is 5.66. The van der Waals surface area contributed by atoms with E-state index in [1.165, 1.54) is 6.42 Å². The van der Waals surface area contributed by atoms with E-state index in [0.717, 1.165) is 45.3 Å². The molecule has 0 aromatic carbocycles. The third-order valence-electron chi connectivity index (χ3n) is 6.75. The number of likely N-dealkylation sites (tertiary alicyclic amines) is 2. The highest BCUT2D eigenvalue weighted by Crippen LogP contribution is 2.30. The molecular weight excluding hydrogens is 346 g/mol. The number of nitrogens with zero attached hydrogens (tertiary/aromatic N) is 3. The molecule has 7 heteroatoms. The van der Waals surface area contributed by atoms with E-state index in [4.69, 9.17) is 4.74 Å². The largest absolute Gasteiger partial charge is 0.378 e. The van der Waals surface area contributed by atoms with Crippen molar-refractivity contribution in [2.45, 2.75) is 38.5 Å². The molecule has 4 aliphatic rings. The molecule has 27 heavy (non-hydrogen) atoms. The zero-order chi connectivity index (χ0) is 18.8. The van der Waals surface area contributed by atoms with Crippen molar-refractivity contribution in [2.24, 2.45) is 17.8 Å². The van der Waals surface area contributed by atoms with Crippen molar-refractivity contribution in [1.29, 1.82) is 0 Å². The van der Waals surface area contributed by atoms with Crippen LogP contribution in [-0.2, 0) is 19.1 Å². The molecule has 1 aliphatic carbocycles. The molecule has 1 unspecified atom stereocenters. The predicted octanol–water partition coefficient (Wildman–Crippen LogP) is 0.732. The van der Waals surface area contributed by atoms with Crippen LogP contribution in [0.1, 0.15) is 38.5 Å². The Bertz CT molecular complexity index is 578. The number of morpholine rings is 1. The fraction of sp³-hybridized carbons (Fsp3) is 0.850. The summed E-state index contributed by atoms with van der Waals surface area (Å²) in [6.07, 6.45) is 5.57. The van der Waals surface area contributed by atoms with Gasteiger partial charge in [0.25, 0.3) is 0 Å². The van der Waals surface area contributed by atoms with Crippen molar-refractivity contribution in [1.82, 2.24) is 14.7 Å². The number of piperidine rings is 1. The molecular formula is C20H31N3O4. The van der Waals surface area contributed by atoms with E-state index in [-0.39, 0.29) is 23.7 Å². The van der Waals surface area contributed by atoms with Crippen LogP contribution in [-0.4, -0.2) is 84.9 Å². The van der Waals surface area contributed by atoms with Gasteiger partial charge >= 0.3 is 0 Å². The summed E-state index contributed by atoms with van der Waals surface area (Å²) in [5.74, 6) is 1.07. The summed E-state index contributed by atoms with van der Waals surface area (Å²) in [6, 6.07) is 0. The number of hydrogen-bond donors (Lipinski definition) is 0. The van der Waals surface area contributed by atoms with Gasteiger partial charge in [-0.1, -0.05) is 6.42 Å². The standard InChI is InChI=1S/C20H31N3O4/c24-18-12-17(20(26)22-8-10-27-11-9-22)14-23(18)13-15-4-6-21(7-5-15)19(25)16-2-1-3-16/h15-17H,1-14H2. The van der Waals surface area contributed by atoms with Crippen LogP contribution in [0.3, 0.4) is 0 Å². The first kappa shape index (κ1) is 18.7. The summed E-state index contributed by atoms with van der Waals surface area (Å²) < 4.78 is 5.31. The molecule has 0 spiro atoms. The fourth-order valence-electron chi connectivity index (χ4n) is 4.72. The zero-order valence-electron chi connectivity index (χ0n) is 16.1. The highest BCUT2D eigenvalue weighted by Gasteiger charge is 2.38. The predicted molar refractivity (Wildman–Crippen MR) is 98.7 cm³/mol. The number of carbonyl (C=O) groups excluding carboxylic acids is 3. The van der Waals surface area contributed by atoms with Crippen LogP contribution < -0.4 is 0 Å². The lowest BCUT2D eigenvalue weighted by atomic mass is 9.83. The Balaban J connectivity index is 1.23. The molecule has 7 nitrogen and oxygen atoms in total.